The van der Waals surface area contributed by atoms with Crippen LogP contribution in [0, 0.1) is 11.7 Å². The number of Topliss-reactive ketones (excluding diaryl/α,β-unsaturated/α-hetero) is 1. The van der Waals surface area contributed by atoms with Crippen LogP contribution in [0.15, 0.2) is 83.9 Å². The van der Waals surface area contributed by atoms with E-state index in [-0.39, 0.29) is 17.6 Å². The first-order valence-electron chi connectivity index (χ1n) is 10.8. The van der Waals surface area contributed by atoms with E-state index in [0.717, 1.165) is 11.3 Å². The second kappa shape index (κ2) is 8.15. The van der Waals surface area contributed by atoms with Gasteiger partial charge in [0, 0.05) is 19.1 Å². The lowest BCUT2D eigenvalue weighted by Gasteiger charge is -2.38. The minimum Gasteiger partial charge on any atom is -0.302 e. The standard InChI is InChI=1S/C27H23FN2O2/c1-17(31)30-24-13-6-5-12-22(24)29-23-15-20(18-8-3-2-4-9-18)16-25(32)26(23)27(30)19-10-7-11-21(28)14-19/h2-14,20,26-27H,15-16H2,1H3. The Kier molecular flexibility index (Phi) is 5.17. The van der Waals surface area contributed by atoms with E-state index in [9.17, 15) is 14.0 Å². The number of para-hydroxylation sites is 2. The third-order valence-electron chi connectivity index (χ3n) is 6.41. The van der Waals surface area contributed by atoms with Crippen LogP contribution >= 0.6 is 0 Å². The Morgan fingerprint density at radius 1 is 0.938 bits per heavy atom. The number of benzene rings is 3. The number of carbonyl (C=O) groups is 2. The summed E-state index contributed by atoms with van der Waals surface area (Å²) in [5.74, 6) is -1.17. The third kappa shape index (κ3) is 3.54. The third-order valence-corrected chi connectivity index (χ3v) is 6.41. The largest absolute Gasteiger partial charge is 0.302 e. The fourth-order valence-electron chi connectivity index (χ4n) is 5.06. The van der Waals surface area contributed by atoms with E-state index in [0.29, 0.717) is 29.8 Å². The van der Waals surface area contributed by atoms with Gasteiger partial charge in [0.05, 0.1) is 23.3 Å². The second-order valence-corrected chi connectivity index (χ2v) is 8.44. The fraction of sp³-hybridized carbons (Fsp3) is 0.222. The van der Waals surface area contributed by atoms with E-state index in [1.165, 1.54) is 19.1 Å². The lowest BCUT2D eigenvalue weighted by molar-refractivity contribution is -0.123. The molecule has 0 saturated heterocycles. The van der Waals surface area contributed by atoms with Gasteiger partial charge >= 0.3 is 0 Å². The number of ketones is 1. The van der Waals surface area contributed by atoms with E-state index in [2.05, 4.69) is 0 Å². The molecule has 2 aliphatic rings. The van der Waals surface area contributed by atoms with Gasteiger partial charge in [0.25, 0.3) is 0 Å². The van der Waals surface area contributed by atoms with Gasteiger partial charge in [-0.1, -0.05) is 54.6 Å². The van der Waals surface area contributed by atoms with Crippen LogP contribution in [-0.2, 0) is 9.59 Å². The summed E-state index contributed by atoms with van der Waals surface area (Å²) in [7, 11) is 0. The van der Waals surface area contributed by atoms with Crippen molar-refractivity contribution in [3.05, 3.63) is 95.8 Å². The Morgan fingerprint density at radius 3 is 2.41 bits per heavy atom. The molecule has 1 aliphatic heterocycles. The normalized spacial score (nSPS) is 22.4. The van der Waals surface area contributed by atoms with Crippen molar-refractivity contribution < 1.29 is 14.0 Å². The van der Waals surface area contributed by atoms with Crippen molar-refractivity contribution >= 4 is 28.8 Å². The Morgan fingerprint density at radius 2 is 1.66 bits per heavy atom. The van der Waals surface area contributed by atoms with E-state index in [1.54, 1.807) is 17.0 Å². The number of hydrogen-bond acceptors (Lipinski definition) is 3. The molecule has 0 spiro atoms. The number of fused-ring (bicyclic) bond motifs is 2. The summed E-state index contributed by atoms with van der Waals surface area (Å²) in [4.78, 5) is 33.1. The van der Waals surface area contributed by atoms with Crippen LogP contribution in [0.3, 0.4) is 0 Å². The van der Waals surface area contributed by atoms with Crippen LogP contribution in [0.25, 0.3) is 0 Å². The van der Waals surface area contributed by atoms with Crippen molar-refractivity contribution in [3.8, 4) is 0 Å². The van der Waals surface area contributed by atoms with Gasteiger partial charge in [-0.25, -0.2) is 4.39 Å². The quantitative estimate of drug-likeness (QED) is 0.522. The Labute approximate surface area is 186 Å². The molecule has 1 saturated carbocycles. The van der Waals surface area contributed by atoms with E-state index in [4.69, 9.17) is 4.99 Å². The highest BCUT2D eigenvalue weighted by atomic mass is 19.1. The number of anilines is 1. The van der Waals surface area contributed by atoms with Crippen LogP contribution in [0.5, 0.6) is 0 Å². The number of halogens is 1. The molecule has 32 heavy (non-hydrogen) atoms. The lowest BCUT2D eigenvalue weighted by Crippen LogP contribution is -2.45. The van der Waals surface area contributed by atoms with Gasteiger partial charge in [-0.05, 0) is 47.7 Å². The maximum absolute atomic E-state index is 14.2. The van der Waals surface area contributed by atoms with Crippen molar-refractivity contribution in [1.29, 1.82) is 0 Å². The Hall–Kier alpha value is -3.60. The lowest BCUT2D eigenvalue weighted by atomic mass is 9.72. The van der Waals surface area contributed by atoms with E-state index < -0.39 is 17.8 Å². The zero-order valence-electron chi connectivity index (χ0n) is 17.7. The van der Waals surface area contributed by atoms with Crippen molar-refractivity contribution in [2.24, 2.45) is 10.9 Å². The van der Waals surface area contributed by atoms with Gasteiger partial charge in [0.15, 0.2) is 0 Å². The summed E-state index contributed by atoms with van der Waals surface area (Å²) in [6.07, 6.45) is 0.980. The predicted molar refractivity (Wildman–Crippen MR) is 123 cm³/mol. The molecule has 1 amide bonds. The number of aliphatic imine (C=N–C) groups is 1. The molecule has 1 aliphatic carbocycles. The maximum Gasteiger partial charge on any atom is 0.224 e. The van der Waals surface area contributed by atoms with Crippen LogP contribution < -0.4 is 4.90 Å². The molecule has 3 unspecified atom stereocenters. The smallest absolute Gasteiger partial charge is 0.224 e. The molecular weight excluding hydrogens is 403 g/mol. The van der Waals surface area contributed by atoms with Crippen molar-refractivity contribution in [3.63, 3.8) is 0 Å². The first-order chi connectivity index (χ1) is 15.5. The molecule has 3 aromatic rings. The average molecular weight is 426 g/mol. The van der Waals surface area contributed by atoms with Crippen LogP contribution in [0.4, 0.5) is 15.8 Å². The van der Waals surface area contributed by atoms with Crippen LogP contribution in [0.2, 0.25) is 0 Å². The minimum absolute atomic E-state index is 0.0252. The molecule has 0 N–H and O–H groups in total. The van der Waals surface area contributed by atoms with E-state index in [1.807, 2.05) is 54.6 Å². The molecule has 0 aromatic heterocycles. The SMILES string of the molecule is CC(=O)N1c2ccccc2N=C2CC(c3ccccc3)CC(=O)C2C1c1cccc(F)c1. The summed E-state index contributed by atoms with van der Waals surface area (Å²) in [5.41, 5.74) is 3.75. The summed E-state index contributed by atoms with van der Waals surface area (Å²) in [5, 5.41) is 0. The van der Waals surface area contributed by atoms with Crippen molar-refractivity contribution in [2.75, 3.05) is 4.90 Å². The van der Waals surface area contributed by atoms with Crippen LogP contribution in [0.1, 0.15) is 42.9 Å². The summed E-state index contributed by atoms with van der Waals surface area (Å²) in [6, 6.07) is 23.0. The number of amides is 1. The van der Waals surface area contributed by atoms with Gasteiger partial charge in [0.2, 0.25) is 5.91 Å². The van der Waals surface area contributed by atoms with Gasteiger partial charge in [-0.3, -0.25) is 14.6 Å². The number of carbonyl (C=O) groups excluding carboxylic acids is 2. The van der Waals surface area contributed by atoms with Crippen molar-refractivity contribution in [2.45, 2.75) is 31.7 Å². The molecule has 4 nitrogen and oxygen atoms in total. The zero-order chi connectivity index (χ0) is 22.2. The van der Waals surface area contributed by atoms with Gasteiger partial charge in [0.1, 0.15) is 11.6 Å². The summed E-state index contributed by atoms with van der Waals surface area (Å²) < 4.78 is 14.2. The molecule has 5 heteroatoms. The first kappa shape index (κ1) is 20.3. The zero-order valence-corrected chi connectivity index (χ0v) is 17.7. The molecule has 1 fully saturated rings. The minimum atomic E-state index is -0.644. The predicted octanol–water partition coefficient (Wildman–Crippen LogP) is 5.77. The fourth-order valence-corrected chi connectivity index (χ4v) is 5.06. The number of rotatable bonds is 2. The highest BCUT2D eigenvalue weighted by Gasteiger charge is 2.45. The maximum atomic E-state index is 14.2. The van der Waals surface area contributed by atoms with Gasteiger partial charge < -0.3 is 4.90 Å². The molecule has 160 valence electrons. The topological polar surface area (TPSA) is 49.7 Å². The molecular formula is C27H23FN2O2. The van der Waals surface area contributed by atoms with Crippen molar-refractivity contribution in [1.82, 2.24) is 0 Å². The Balaban J connectivity index is 1.69. The molecule has 3 atom stereocenters. The average Bonchev–Trinajstić information content (AvgIpc) is 2.94. The molecule has 0 radical (unpaired) electrons. The van der Waals surface area contributed by atoms with Gasteiger partial charge in [-0.2, -0.15) is 0 Å². The van der Waals surface area contributed by atoms with E-state index >= 15 is 0 Å². The monoisotopic (exact) mass is 426 g/mol. The summed E-state index contributed by atoms with van der Waals surface area (Å²) in [6.45, 7) is 1.48. The highest BCUT2D eigenvalue weighted by molar-refractivity contribution is 6.13. The second-order valence-electron chi connectivity index (χ2n) is 8.44. The molecule has 1 heterocycles. The molecule has 0 bridgehead atoms. The summed E-state index contributed by atoms with van der Waals surface area (Å²) >= 11 is 0. The van der Waals surface area contributed by atoms with Crippen LogP contribution in [-0.4, -0.2) is 17.4 Å². The number of nitrogens with zero attached hydrogens (tertiary/aromatic N) is 2. The molecule has 3 aromatic carbocycles. The first-order valence-corrected chi connectivity index (χ1v) is 10.8. The Bertz CT molecular complexity index is 1220. The highest BCUT2D eigenvalue weighted by Crippen LogP contribution is 2.47. The molecule has 5 rings (SSSR count). The van der Waals surface area contributed by atoms with Gasteiger partial charge in [-0.15, -0.1) is 0 Å². The number of hydrogen-bond donors (Lipinski definition) is 0.